The third-order valence-electron chi connectivity index (χ3n) is 4.45. The summed E-state index contributed by atoms with van der Waals surface area (Å²) in [5.41, 5.74) is 3.13. The van der Waals surface area contributed by atoms with Crippen molar-refractivity contribution in [3.05, 3.63) is 71.8 Å². The van der Waals surface area contributed by atoms with E-state index in [0.717, 1.165) is 5.56 Å². The molecule has 4 rings (SSSR count). The fraction of sp³-hybridized carbons (Fsp3) is 0.150. The number of rotatable bonds is 5. The van der Waals surface area contributed by atoms with Crippen LogP contribution in [0.1, 0.15) is 24.1 Å². The van der Waals surface area contributed by atoms with E-state index in [0.29, 0.717) is 28.4 Å². The van der Waals surface area contributed by atoms with Crippen LogP contribution in [-0.4, -0.2) is 29.8 Å². The van der Waals surface area contributed by atoms with E-state index in [1.807, 2.05) is 6.92 Å². The minimum Gasteiger partial charge on any atom is -0.508 e. The first-order valence-corrected chi connectivity index (χ1v) is 8.71. The molecule has 3 heterocycles. The Kier molecular flexibility index (Phi) is 4.62. The highest BCUT2D eigenvalue weighted by molar-refractivity contribution is 5.61. The number of phenolic OH excluding ortho intramolecular Hbond substituents is 1. The summed E-state index contributed by atoms with van der Waals surface area (Å²) in [7, 11) is 0. The summed E-state index contributed by atoms with van der Waals surface area (Å²) in [4.78, 5) is 8.67. The molecule has 1 atom stereocenters. The first-order valence-electron chi connectivity index (χ1n) is 8.71. The van der Waals surface area contributed by atoms with Gasteiger partial charge in [0.1, 0.15) is 23.1 Å². The molecule has 0 fully saturated rings. The molecule has 1 unspecified atom stereocenters. The number of aromatic hydroxyl groups is 1. The van der Waals surface area contributed by atoms with Gasteiger partial charge in [0.15, 0.2) is 5.65 Å². The lowest BCUT2D eigenvalue weighted by atomic mass is 10.1. The van der Waals surface area contributed by atoms with Crippen molar-refractivity contribution in [3.63, 3.8) is 0 Å². The number of phenols is 1. The van der Waals surface area contributed by atoms with Crippen LogP contribution in [0.3, 0.4) is 0 Å². The average molecular weight is 379 g/mol. The van der Waals surface area contributed by atoms with Gasteiger partial charge in [-0.3, -0.25) is 4.98 Å². The predicted octanol–water partition coefficient (Wildman–Crippen LogP) is 3.30. The van der Waals surface area contributed by atoms with Crippen molar-refractivity contribution in [2.75, 3.05) is 5.32 Å². The zero-order valence-electron chi connectivity index (χ0n) is 15.0. The maximum Gasteiger partial charge on any atom is 0.154 e. The van der Waals surface area contributed by atoms with Crippen LogP contribution in [0.4, 0.5) is 10.2 Å². The number of nitrogens with one attached hydrogen (secondary N) is 1. The summed E-state index contributed by atoms with van der Waals surface area (Å²) in [6.07, 6.45) is 3.29. The number of pyridine rings is 1. The quantitative estimate of drug-likeness (QED) is 0.492. The number of hydrogen-bond acceptors (Lipinski definition) is 6. The Bertz CT molecular complexity index is 1140. The van der Waals surface area contributed by atoms with Gasteiger partial charge in [0.05, 0.1) is 24.5 Å². The lowest BCUT2D eigenvalue weighted by molar-refractivity contribution is 0.282. The molecule has 0 aliphatic rings. The molecule has 3 N–H and O–H groups in total. The third kappa shape index (κ3) is 3.37. The van der Waals surface area contributed by atoms with Crippen LogP contribution >= 0.6 is 0 Å². The molecular formula is C20H18FN5O2. The summed E-state index contributed by atoms with van der Waals surface area (Å²) < 4.78 is 15.2. The van der Waals surface area contributed by atoms with Crippen molar-refractivity contribution in [2.45, 2.75) is 19.6 Å². The molecule has 0 aliphatic carbocycles. The van der Waals surface area contributed by atoms with Gasteiger partial charge in [0, 0.05) is 11.8 Å². The van der Waals surface area contributed by atoms with Crippen molar-refractivity contribution in [1.29, 1.82) is 0 Å². The van der Waals surface area contributed by atoms with Crippen molar-refractivity contribution >= 4 is 11.5 Å². The largest absolute Gasteiger partial charge is 0.508 e. The van der Waals surface area contributed by atoms with Gasteiger partial charge in [0.2, 0.25) is 0 Å². The van der Waals surface area contributed by atoms with Gasteiger partial charge in [-0.25, -0.2) is 13.9 Å². The predicted molar refractivity (Wildman–Crippen MR) is 102 cm³/mol. The number of aromatic nitrogens is 4. The van der Waals surface area contributed by atoms with Gasteiger partial charge < -0.3 is 15.5 Å². The molecule has 28 heavy (non-hydrogen) atoms. The normalized spacial score (nSPS) is 12.2. The Labute approximate surface area is 160 Å². The molecule has 3 aromatic heterocycles. The van der Waals surface area contributed by atoms with E-state index in [4.69, 9.17) is 0 Å². The van der Waals surface area contributed by atoms with Crippen molar-refractivity contribution in [2.24, 2.45) is 0 Å². The Morgan fingerprint density at radius 3 is 2.82 bits per heavy atom. The molecule has 1 aromatic carbocycles. The van der Waals surface area contributed by atoms with E-state index >= 15 is 0 Å². The number of halogens is 1. The molecular weight excluding hydrogens is 361 g/mol. The molecule has 8 heteroatoms. The number of benzene rings is 1. The molecule has 0 aliphatic heterocycles. The maximum atomic E-state index is 13.5. The second-order valence-electron chi connectivity index (χ2n) is 6.41. The van der Waals surface area contributed by atoms with E-state index in [9.17, 15) is 14.6 Å². The molecule has 0 bridgehead atoms. The Hall–Kier alpha value is -3.52. The fourth-order valence-corrected chi connectivity index (χ4v) is 3.01. The highest BCUT2D eigenvalue weighted by atomic mass is 19.1. The molecule has 0 saturated heterocycles. The summed E-state index contributed by atoms with van der Waals surface area (Å²) in [6.45, 7) is 1.72. The molecule has 0 saturated carbocycles. The van der Waals surface area contributed by atoms with Gasteiger partial charge in [-0.15, -0.1) is 5.10 Å². The molecule has 142 valence electrons. The third-order valence-corrected chi connectivity index (χ3v) is 4.45. The van der Waals surface area contributed by atoms with E-state index in [-0.39, 0.29) is 18.4 Å². The second kappa shape index (κ2) is 7.24. The molecule has 0 radical (unpaired) electrons. The van der Waals surface area contributed by atoms with Crippen LogP contribution in [0.5, 0.6) is 5.75 Å². The summed E-state index contributed by atoms with van der Waals surface area (Å²) >= 11 is 0. The van der Waals surface area contributed by atoms with Gasteiger partial charge in [-0.05, 0) is 55.0 Å². The molecule has 0 spiro atoms. The minimum atomic E-state index is -0.420. The summed E-state index contributed by atoms with van der Waals surface area (Å²) in [6, 6.07) is 10.5. The number of hydrogen-bond donors (Lipinski definition) is 3. The van der Waals surface area contributed by atoms with E-state index in [2.05, 4.69) is 20.4 Å². The van der Waals surface area contributed by atoms with Crippen molar-refractivity contribution < 1.29 is 14.6 Å². The minimum absolute atomic E-state index is 0.0100. The monoisotopic (exact) mass is 379 g/mol. The molecule has 4 aromatic rings. The number of nitrogens with zero attached hydrogens (tertiary/aromatic N) is 4. The second-order valence-corrected chi connectivity index (χ2v) is 6.41. The molecule has 0 amide bonds. The van der Waals surface area contributed by atoms with Crippen molar-refractivity contribution in [3.8, 4) is 17.1 Å². The van der Waals surface area contributed by atoms with Crippen LogP contribution in [-0.2, 0) is 6.61 Å². The van der Waals surface area contributed by atoms with Gasteiger partial charge in [-0.1, -0.05) is 0 Å². The number of imidazole rings is 1. The standard InChI is InChI=1S/C20H18FN5O2/c1-12(15-9-14(21)2-3-18(15)28)24-19-4-5-20-23-10-17(26(20)25-19)16-8-13(11-27)6-7-22-16/h2-10,12,27-28H,11H2,1H3,(H,24,25). The smallest absolute Gasteiger partial charge is 0.154 e. The van der Waals surface area contributed by atoms with Crippen LogP contribution in [0.15, 0.2) is 54.9 Å². The summed E-state index contributed by atoms with van der Waals surface area (Å²) in [5, 5.41) is 27.0. The Balaban J connectivity index is 1.68. The number of anilines is 1. The van der Waals surface area contributed by atoms with Crippen LogP contribution in [0.25, 0.3) is 17.0 Å². The van der Waals surface area contributed by atoms with Crippen molar-refractivity contribution in [1.82, 2.24) is 19.6 Å². The molecule has 7 nitrogen and oxygen atoms in total. The Morgan fingerprint density at radius 2 is 2.00 bits per heavy atom. The van der Waals surface area contributed by atoms with E-state index in [1.54, 1.807) is 41.2 Å². The SMILES string of the molecule is CC(Nc1ccc2ncc(-c3cc(CO)ccn3)n2n1)c1cc(F)ccc1O. The maximum absolute atomic E-state index is 13.5. The highest BCUT2D eigenvalue weighted by Crippen LogP contribution is 2.27. The first kappa shape index (κ1) is 17.9. The first-order chi connectivity index (χ1) is 13.5. The lowest BCUT2D eigenvalue weighted by Gasteiger charge is -2.16. The Morgan fingerprint density at radius 1 is 1.14 bits per heavy atom. The number of aliphatic hydroxyl groups is 1. The lowest BCUT2D eigenvalue weighted by Crippen LogP contribution is -2.10. The zero-order chi connectivity index (χ0) is 19.7. The van der Waals surface area contributed by atoms with Crippen LogP contribution in [0.2, 0.25) is 0 Å². The number of fused-ring (bicyclic) bond motifs is 1. The average Bonchev–Trinajstić information content (AvgIpc) is 3.13. The van der Waals surface area contributed by atoms with Crippen LogP contribution in [0, 0.1) is 5.82 Å². The summed E-state index contributed by atoms with van der Waals surface area (Å²) in [5.74, 6) is 0.119. The van der Waals surface area contributed by atoms with E-state index < -0.39 is 5.82 Å². The number of aliphatic hydroxyl groups excluding tert-OH is 1. The van der Waals surface area contributed by atoms with E-state index in [1.165, 1.54) is 18.2 Å². The highest BCUT2D eigenvalue weighted by Gasteiger charge is 2.14. The topological polar surface area (TPSA) is 95.6 Å². The van der Waals surface area contributed by atoms with Gasteiger partial charge >= 0.3 is 0 Å². The van der Waals surface area contributed by atoms with Gasteiger partial charge in [0.25, 0.3) is 0 Å². The zero-order valence-corrected chi connectivity index (χ0v) is 15.0. The van der Waals surface area contributed by atoms with Crippen LogP contribution < -0.4 is 5.32 Å². The van der Waals surface area contributed by atoms with Gasteiger partial charge in [-0.2, -0.15) is 0 Å². The fourth-order valence-electron chi connectivity index (χ4n) is 3.01.